The average molecular weight is 378 g/mol. The van der Waals surface area contributed by atoms with Gasteiger partial charge < -0.3 is 18.6 Å². The molecule has 1 fully saturated rings. The van der Waals surface area contributed by atoms with Gasteiger partial charge in [-0.2, -0.15) is 0 Å². The second-order valence-electron chi connectivity index (χ2n) is 6.87. The van der Waals surface area contributed by atoms with Crippen molar-refractivity contribution in [3.8, 4) is 17.2 Å². The molecule has 1 heterocycles. The van der Waals surface area contributed by atoms with Gasteiger partial charge >= 0.3 is 0 Å². The van der Waals surface area contributed by atoms with Crippen LogP contribution in [-0.2, 0) is 0 Å². The highest BCUT2D eigenvalue weighted by molar-refractivity contribution is 5.86. The molecule has 0 saturated heterocycles. The van der Waals surface area contributed by atoms with Crippen molar-refractivity contribution >= 4 is 23.1 Å². The zero-order valence-corrected chi connectivity index (χ0v) is 15.9. The van der Waals surface area contributed by atoms with Crippen molar-refractivity contribution in [3.05, 3.63) is 64.0 Å². The number of rotatable bonds is 7. The minimum absolute atomic E-state index is 0.163. The average Bonchev–Trinajstić information content (AvgIpc) is 3.55. The van der Waals surface area contributed by atoms with E-state index >= 15 is 0 Å². The van der Waals surface area contributed by atoms with Gasteiger partial charge in [-0.25, -0.2) is 0 Å². The summed E-state index contributed by atoms with van der Waals surface area (Å²) in [5.74, 6) is 3.06. The van der Waals surface area contributed by atoms with E-state index in [-0.39, 0.29) is 5.43 Å². The summed E-state index contributed by atoms with van der Waals surface area (Å²) in [6.45, 7) is 0.796. The molecule has 5 nitrogen and oxygen atoms in total. The molecule has 28 heavy (non-hydrogen) atoms. The first kappa shape index (κ1) is 18.2. The monoisotopic (exact) mass is 378 g/mol. The molecule has 0 amide bonds. The largest absolute Gasteiger partial charge is 0.496 e. The Labute approximate surface area is 163 Å². The molecule has 0 bridgehead atoms. The molecule has 144 valence electrons. The van der Waals surface area contributed by atoms with Crippen LogP contribution in [-0.4, -0.2) is 20.8 Å². The molecular weight excluding hydrogens is 356 g/mol. The Morgan fingerprint density at radius 2 is 1.79 bits per heavy atom. The molecule has 1 saturated carbocycles. The minimum Gasteiger partial charge on any atom is -0.496 e. The molecule has 0 unspecified atom stereocenters. The van der Waals surface area contributed by atoms with Crippen LogP contribution in [0.3, 0.4) is 0 Å². The van der Waals surface area contributed by atoms with E-state index in [1.165, 1.54) is 26.0 Å². The lowest BCUT2D eigenvalue weighted by Crippen LogP contribution is -2.03. The van der Waals surface area contributed by atoms with Crippen LogP contribution < -0.4 is 19.6 Å². The van der Waals surface area contributed by atoms with E-state index < -0.39 is 0 Å². The summed E-state index contributed by atoms with van der Waals surface area (Å²) in [6, 6.07) is 12.7. The number of hydrogen-bond acceptors (Lipinski definition) is 5. The molecule has 0 atom stereocenters. The van der Waals surface area contributed by atoms with E-state index in [0.717, 1.165) is 23.8 Å². The molecule has 2 aromatic carbocycles. The Morgan fingerprint density at radius 3 is 2.46 bits per heavy atom. The minimum atomic E-state index is -0.163. The van der Waals surface area contributed by atoms with Gasteiger partial charge in [-0.15, -0.1) is 0 Å². The van der Waals surface area contributed by atoms with Gasteiger partial charge in [0.1, 0.15) is 34.0 Å². The molecule has 0 aliphatic heterocycles. The van der Waals surface area contributed by atoms with Crippen LogP contribution in [0.5, 0.6) is 17.2 Å². The van der Waals surface area contributed by atoms with Crippen molar-refractivity contribution < 1.29 is 18.6 Å². The van der Waals surface area contributed by atoms with Gasteiger partial charge in [-0.3, -0.25) is 4.79 Å². The fourth-order valence-electron chi connectivity index (χ4n) is 2.96. The van der Waals surface area contributed by atoms with Crippen LogP contribution in [0.2, 0.25) is 0 Å². The Morgan fingerprint density at radius 1 is 1.00 bits per heavy atom. The number of methoxy groups -OCH3 is 2. The highest BCUT2D eigenvalue weighted by atomic mass is 16.5. The van der Waals surface area contributed by atoms with E-state index in [1.54, 1.807) is 25.3 Å². The third-order valence-electron chi connectivity index (χ3n) is 4.75. The van der Waals surface area contributed by atoms with Gasteiger partial charge in [0.25, 0.3) is 0 Å². The normalized spacial score (nSPS) is 13.8. The van der Waals surface area contributed by atoms with Crippen LogP contribution in [0.4, 0.5) is 0 Å². The van der Waals surface area contributed by atoms with Crippen molar-refractivity contribution in [1.82, 2.24) is 0 Å². The Bertz CT molecular complexity index is 1060. The van der Waals surface area contributed by atoms with Gasteiger partial charge in [0.2, 0.25) is 0 Å². The van der Waals surface area contributed by atoms with E-state index in [2.05, 4.69) is 0 Å². The van der Waals surface area contributed by atoms with E-state index in [4.69, 9.17) is 18.6 Å². The lowest BCUT2D eigenvalue weighted by molar-refractivity contribution is 0.300. The van der Waals surface area contributed by atoms with Gasteiger partial charge in [0.15, 0.2) is 5.43 Å². The van der Waals surface area contributed by atoms with Crippen molar-refractivity contribution in [2.75, 3.05) is 20.8 Å². The molecule has 5 heteroatoms. The quantitative estimate of drug-likeness (QED) is 0.593. The van der Waals surface area contributed by atoms with Crippen molar-refractivity contribution in [2.45, 2.75) is 12.8 Å². The lowest BCUT2D eigenvalue weighted by atomic mass is 10.1. The van der Waals surface area contributed by atoms with Crippen molar-refractivity contribution in [1.29, 1.82) is 0 Å². The summed E-state index contributed by atoms with van der Waals surface area (Å²) in [5.41, 5.74) is 1.25. The van der Waals surface area contributed by atoms with Crippen molar-refractivity contribution in [3.63, 3.8) is 0 Å². The second-order valence-corrected chi connectivity index (χ2v) is 6.87. The first-order valence-corrected chi connectivity index (χ1v) is 9.27. The van der Waals surface area contributed by atoms with Crippen LogP contribution in [0.1, 0.15) is 24.2 Å². The standard InChI is InChI=1S/C23H22O5/c1-25-19-12-21(26-2)23-20(24)11-18(28-22(23)13-19)10-7-15-5-8-17(9-6-15)27-14-16-3-4-16/h5-13,16H,3-4,14H2,1-2H3/b10-7+. The van der Waals surface area contributed by atoms with Gasteiger partial charge in [-0.05, 0) is 42.5 Å². The lowest BCUT2D eigenvalue weighted by Gasteiger charge is -2.08. The summed E-state index contributed by atoms with van der Waals surface area (Å²) in [4.78, 5) is 12.5. The van der Waals surface area contributed by atoms with Crippen LogP contribution in [0.25, 0.3) is 23.1 Å². The molecule has 1 aliphatic carbocycles. The Kier molecular flexibility index (Phi) is 5.06. The van der Waals surface area contributed by atoms with Crippen molar-refractivity contribution in [2.24, 2.45) is 5.92 Å². The zero-order valence-electron chi connectivity index (χ0n) is 15.9. The molecule has 3 aromatic rings. The highest BCUT2D eigenvalue weighted by Crippen LogP contribution is 2.30. The number of benzene rings is 2. The number of hydrogen-bond donors (Lipinski definition) is 0. The Hall–Kier alpha value is -3.21. The summed E-state index contributed by atoms with van der Waals surface area (Å²) >= 11 is 0. The first-order chi connectivity index (χ1) is 13.7. The van der Waals surface area contributed by atoms with E-state index in [1.807, 2.05) is 30.3 Å². The topological polar surface area (TPSA) is 57.9 Å². The predicted molar refractivity (Wildman–Crippen MR) is 109 cm³/mol. The van der Waals surface area contributed by atoms with Crippen LogP contribution in [0.15, 0.2) is 51.7 Å². The fraction of sp³-hybridized carbons (Fsp3) is 0.261. The van der Waals surface area contributed by atoms with E-state index in [0.29, 0.717) is 28.2 Å². The molecule has 1 aliphatic rings. The molecule has 0 N–H and O–H groups in total. The smallest absolute Gasteiger partial charge is 0.197 e. The molecular formula is C23H22O5. The van der Waals surface area contributed by atoms with E-state index in [9.17, 15) is 4.79 Å². The highest BCUT2D eigenvalue weighted by Gasteiger charge is 2.21. The third-order valence-corrected chi connectivity index (χ3v) is 4.75. The first-order valence-electron chi connectivity index (χ1n) is 9.27. The molecule has 4 rings (SSSR count). The molecule has 0 radical (unpaired) electrons. The second kappa shape index (κ2) is 7.80. The maximum atomic E-state index is 12.5. The van der Waals surface area contributed by atoms with Gasteiger partial charge in [-0.1, -0.05) is 18.2 Å². The fourth-order valence-corrected chi connectivity index (χ4v) is 2.96. The summed E-state index contributed by atoms with van der Waals surface area (Å²) in [6.07, 6.45) is 6.21. The molecule has 1 aromatic heterocycles. The summed E-state index contributed by atoms with van der Waals surface area (Å²) < 4.78 is 22.2. The molecule has 0 spiro atoms. The van der Waals surface area contributed by atoms with Crippen LogP contribution >= 0.6 is 0 Å². The number of fused-ring (bicyclic) bond motifs is 1. The third kappa shape index (κ3) is 4.03. The summed E-state index contributed by atoms with van der Waals surface area (Å²) in [7, 11) is 3.07. The van der Waals surface area contributed by atoms with Gasteiger partial charge in [0, 0.05) is 18.2 Å². The number of ether oxygens (including phenoxy) is 3. The predicted octanol–water partition coefficient (Wildman–Crippen LogP) is 4.77. The summed E-state index contributed by atoms with van der Waals surface area (Å²) in [5, 5.41) is 0.401. The Balaban J connectivity index is 1.57. The van der Waals surface area contributed by atoms with Crippen LogP contribution in [0, 0.1) is 5.92 Å². The maximum Gasteiger partial charge on any atom is 0.197 e. The maximum absolute atomic E-state index is 12.5. The zero-order chi connectivity index (χ0) is 19.5. The van der Waals surface area contributed by atoms with Gasteiger partial charge in [0.05, 0.1) is 20.8 Å². The SMILES string of the molecule is COc1cc(OC)c2c(=O)cc(/C=C/c3ccc(OCC4CC4)cc3)oc2c1.